The number of aryl methyl sites for hydroxylation is 1. The van der Waals surface area contributed by atoms with Crippen molar-refractivity contribution in [3.8, 4) is 0 Å². The van der Waals surface area contributed by atoms with Crippen molar-refractivity contribution in [2.75, 3.05) is 12.4 Å². The van der Waals surface area contributed by atoms with E-state index in [0.29, 0.717) is 10.0 Å². The number of anilines is 1. The molecule has 0 aliphatic carbocycles. The molecule has 0 aliphatic rings. The number of nitrogens with one attached hydrogen (secondary N) is 1. The maximum absolute atomic E-state index is 5.97. The van der Waals surface area contributed by atoms with Crippen LogP contribution in [0.2, 0.25) is 10.0 Å². The molecule has 3 heteroatoms. The Kier molecular flexibility index (Phi) is 3.24. The van der Waals surface area contributed by atoms with Gasteiger partial charge in [0, 0.05) is 7.05 Å². The molecule has 1 rings (SSSR count). The van der Waals surface area contributed by atoms with E-state index in [1.54, 1.807) is 7.05 Å². The molecule has 1 nitrogen and oxygen atoms in total. The molecule has 0 spiro atoms. The summed E-state index contributed by atoms with van der Waals surface area (Å²) in [4.78, 5) is 0. The van der Waals surface area contributed by atoms with E-state index in [9.17, 15) is 0 Å². The number of benzene rings is 1. The molecule has 66 valence electrons. The van der Waals surface area contributed by atoms with E-state index in [1.165, 1.54) is 0 Å². The molecule has 1 aromatic carbocycles. The lowest BCUT2D eigenvalue weighted by Crippen LogP contribution is -1.92. The second kappa shape index (κ2) is 4.01. The molecule has 1 aromatic rings. The Balaban J connectivity index is 3.18. The Labute approximate surface area is 82.7 Å². The van der Waals surface area contributed by atoms with Crippen LogP contribution in [0, 0.1) is 0 Å². The highest BCUT2D eigenvalue weighted by Crippen LogP contribution is 2.31. The molecule has 0 fully saturated rings. The van der Waals surface area contributed by atoms with E-state index in [2.05, 4.69) is 12.2 Å². The first kappa shape index (κ1) is 9.69. The standard InChI is InChI=1S/C9H11Cl2N/c1-3-6-4-7(10)9(12-2)8(11)5-6/h4-5,12H,3H2,1-2H3. The summed E-state index contributed by atoms with van der Waals surface area (Å²) in [7, 11) is 1.80. The maximum atomic E-state index is 5.97. The minimum absolute atomic E-state index is 0.682. The minimum Gasteiger partial charge on any atom is -0.386 e. The van der Waals surface area contributed by atoms with Crippen LogP contribution in [0.1, 0.15) is 12.5 Å². The van der Waals surface area contributed by atoms with Gasteiger partial charge >= 0.3 is 0 Å². The highest BCUT2D eigenvalue weighted by atomic mass is 35.5. The van der Waals surface area contributed by atoms with Gasteiger partial charge in [0.2, 0.25) is 0 Å². The van der Waals surface area contributed by atoms with Crippen molar-refractivity contribution in [3.63, 3.8) is 0 Å². The fourth-order valence-corrected chi connectivity index (χ4v) is 1.79. The third kappa shape index (κ3) is 1.85. The highest BCUT2D eigenvalue weighted by Gasteiger charge is 2.04. The zero-order valence-electron chi connectivity index (χ0n) is 7.12. The van der Waals surface area contributed by atoms with Gasteiger partial charge in [0.25, 0.3) is 0 Å². The van der Waals surface area contributed by atoms with Crippen molar-refractivity contribution < 1.29 is 0 Å². The van der Waals surface area contributed by atoms with Crippen molar-refractivity contribution in [1.82, 2.24) is 0 Å². The Bertz CT molecular complexity index is 261. The van der Waals surface area contributed by atoms with Gasteiger partial charge in [0.15, 0.2) is 0 Å². The van der Waals surface area contributed by atoms with Gasteiger partial charge in [0.1, 0.15) is 0 Å². The third-order valence-electron chi connectivity index (χ3n) is 1.76. The number of halogens is 2. The molecular formula is C9H11Cl2N. The summed E-state index contributed by atoms with van der Waals surface area (Å²) in [6.45, 7) is 2.07. The number of hydrogen-bond acceptors (Lipinski definition) is 1. The lowest BCUT2D eigenvalue weighted by atomic mass is 10.1. The molecule has 0 amide bonds. The average molecular weight is 204 g/mol. The van der Waals surface area contributed by atoms with Crippen molar-refractivity contribution in [2.24, 2.45) is 0 Å². The zero-order chi connectivity index (χ0) is 9.14. The maximum Gasteiger partial charge on any atom is 0.0716 e. The highest BCUT2D eigenvalue weighted by molar-refractivity contribution is 6.39. The van der Waals surface area contributed by atoms with E-state index in [4.69, 9.17) is 23.2 Å². The van der Waals surface area contributed by atoms with Gasteiger partial charge in [0.05, 0.1) is 15.7 Å². The molecule has 0 aliphatic heterocycles. The molecular weight excluding hydrogens is 193 g/mol. The molecule has 0 bridgehead atoms. The van der Waals surface area contributed by atoms with Crippen LogP contribution in [-0.2, 0) is 6.42 Å². The summed E-state index contributed by atoms with van der Waals surface area (Å²) >= 11 is 11.9. The van der Waals surface area contributed by atoms with E-state index >= 15 is 0 Å². The minimum atomic E-state index is 0.682. The smallest absolute Gasteiger partial charge is 0.0716 e. The summed E-state index contributed by atoms with van der Waals surface area (Å²) in [5.41, 5.74) is 1.96. The molecule has 0 saturated carbocycles. The van der Waals surface area contributed by atoms with Crippen molar-refractivity contribution in [3.05, 3.63) is 27.7 Å². The van der Waals surface area contributed by atoms with E-state index in [-0.39, 0.29) is 0 Å². The SMILES string of the molecule is CCc1cc(Cl)c(NC)c(Cl)c1. The van der Waals surface area contributed by atoms with Gasteiger partial charge in [-0.25, -0.2) is 0 Å². The molecule has 0 atom stereocenters. The zero-order valence-corrected chi connectivity index (χ0v) is 8.63. The lowest BCUT2D eigenvalue weighted by molar-refractivity contribution is 1.14. The Morgan fingerprint density at radius 2 is 1.75 bits per heavy atom. The van der Waals surface area contributed by atoms with Crippen LogP contribution in [0.3, 0.4) is 0 Å². The Morgan fingerprint density at radius 1 is 1.25 bits per heavy atom. The summed E-state index contributed by atoms with van der Waals surface area (Å²) in [6.07, 6.45) is 0.948. The Hall–Kier alpha value is -0.400. The van der Waals surface area contributed by atoms with Gasteiger partial charge in [-0.2, -0.15) is 0 Å². The molecule has 0 radical (unpaired) electrons. The van der Waals surface area contributed by atoms with Crippen molar-refractivity contribution in [1.29, 1.82) is 0 Å². The summed E-state index contributed by atoms with van der Waals surface area (Å²) in [6, 6.07) is 3.86. The topological polar surface area (TPSA) is 12.0 Å². The van der Waals surface area contributed by atoms with Crippen LogP contribution in [0.4, 0.5) is 5.69 Å². The van der Waals surface area contributed by atoms with E-state index in [0.717, 1.165) is 17.7 Å². The first-order valence-corrected chi connectivity index (χ1v) is 4.60. The van der Waals surface area contributed by atoms with Crippen LogP contribution in [0.5, 0.6) is 0 Å². The van der Waals surface area contributed by atoms with Crippen molar-refractivity contribution >= 4 is 28.9 Å². The van der Waals surface area contributed by atoms with Crippen LogP contribution in [0.15, 0.2) is 12.1 Å². The third-order valence-corrected chi connectivity index (χ3v) is 2.36. The first-order chi connectivity index (χ1) is 5.69. The Morgan fingerprint density at radius 3 is 2.08 bits per heavy atom. The fraction of sp³-hybridized carbons (Fsp3) is 0.333. The average Bonchev–Trinajstić information content (AvgIpc) is 2.03. The van der Waals surface area contributed by atoms with Gasteiger partial charge < -0.3 is 5.32 Å². The van der Waals surface area contributed by atoms with Crippen LogP contribution < -0.4 is 5.32 Å². The van der Waals surface area contributed by atoms with Gasteiger partial charge in [-0.05, 0) is 24.1 Å². The van der Waals surface area contributed by atoms with Crippen LogP contribution in [0.25, 0.3) is 0 Å². The van der Waals surface area contributed by atoms with Crippen LogP contribution >= 0.6 is 23.2 Å². The van der Waals surface area contributed by atoms with Gasteiger partial charge in [-0.15, -0.1) is 0 Å². The first-order valence-electron chi connectivity index (χ1n) is 3.84. The second-order valence-electron chi connectivity index (χ2n) is 2.54. The van der Waals surface area contributed by atoms with Gasteiger partial charge in [-0.3, -0.25) is 0 Å². The lowest BCUT2D eigenvalue weighted by Gasteiger charge is -2.07. The molecule has 1 N–H and O–H groups in total. The van der Waals surface area contributed by atoms with E-state index < -0.39 is 0 Å². The molecule has 0 saturated heterocycles. The van der Waals surface area contributed by atoms with Crippen molar-refractivity contribution in [2.45, 2.75) is 13.3 Å². The molecule has 12 heavy (non-hydrogen) atoms. The number of hydrogen-bond donors (Lipinski definition) is 1. The van der Waals surface area contributed by atoms with Gasteiger partial charge in [-0.1, -0.05) is 30.1 Å². The normalized spacial score (nSPS) is 10.0. The summed E-state index contributed by atoms with van der Waals surface area (Å²) in [5.74, 6) is 0. The second-order valence-corrected chi connectivity index (χ2v) is 3.35. The van der Waals surface area contributed by atoms with E-state index in [1.807, 2.05) is 12.1 Å². The molecule has 0 unspecified atom stereocenters. The van der Waals surface area contributed by atoms with Crippen LogP contribution in [-0.4, -0.2) is 7.05 Å². The quantitative estimate of drug-likeness (QED) is 0.775. The summed E-state index contributed by atoms with van der Waals surface area (Å²) in [5, 5.41) is 4.32. The summed E-state index contributed by atoms with van der Waals surface area (Å²) < 4.78 is 0. The predicted molar refractivity (Wildman–Crippen MR) is 55.4 cm³/mol. The molecule has 0 heterocycles. The fourth-order valence-electron chi connectivity index (χ4n) is 1.07. The number of rotatable bonds is 2. The molecule has 0 aromatic heterocycles. The predicted octanol–water partition coefficient (Wildman–Crippen LogP) is 3.60. The largest absolute Gasteiger partial charge is 0.386 e. The monoisotopic (exact) mass is 203 g/mol.